The maximum atomic E-state index is 12.2. The van der Waals surface area contributed by atoms with Gasteiger partial charge in [-0.1, -0.05) is 19.1 Å². The monoisotopic (exact) mass is 262 g/mol. The molecule has 2 N–H and O–H groups in total. The number of benzene rings is 1. The van der Waals surface area contributed by atoms with E-state index in [0.717, 1.165) is 5.56 Å². The first-order chi connectivity index (χ1) is 9.02. The van der Waals surface area contributed by atoms with Gasteiger partial charge in [0.15, 0.2) is 0 Å². The summed E-state index contributed by atoms with van der Waals surface area (Å²) >= 11 is 0. The van der Waals surface area contributed by atoms with Crippen molar-refractivity contribution in [3.05, 3.63) is 29.8 Å². The van der Waals surface area contributed by atoms with E-state index in [9.17, 15) is 14.7 Å². The average Bonchev–Trinajstić information content (AvgIpc) is 2.36. The smallest absolute Gasteiger partial charge is 0.245 e. The molecule has 2 rings (SSSR count). The molecule has 0 aliphatic carbocycles. The lowest BCUT2D eigenvalue weighted by Crippen LogP contribution is -2.61. The Morgan fingerprint density at radius 2 is 2.11 bits per heavy atom. The number of carbonyl (C=O) groups is 2. The van der Waals surface area contributed by atoms with E-state index in [1.54, 1.807) is 30.0 Å². The molecule has 2 unspecified atom stereocenters. The van der Waals surface area contributed by atoms with E-state index < -0.39 is 12.1 Å². The van der Waals surface area contributed by atoms with Gasteiger partial charge in [0.2, 0.25) is 11.8 Å². The second-order valence-electron chi connectivity index (χ2n) is 4.79. The molecule has 1 aromatic rings. The summed E-state index contributed by atoms with van der Waals surface area (Å²) in [7, 11) is 0. The highest BCUT2D eigenvalue weighted by Crippen LogP contribution is 2.19. The summed E-state index contributed by atoms with van der Waals surface area (Å²) in [6, 6.07) is 5.81. The van der Waals surface area contributed by atoms with Gasteiger partial charge in [-0.05, 0) is 31.0 Å². The molecule has 1 aromatic carbocycles. The second kappa shape index (κ2) is 5.30. The number of phenolic OH excluding ortho intramolecular Hbond substituents is 1. The Kier molecular flexibility index (Phi) is 3.74. The van der Waals surface area contributed by atoms with Crippen molar-refractivity contribution in [2.45, 2.75) is 38.9 Å². The number of phenols is 1. The summed E-state index contributed by atoms with van der Waals surface area (Å²) in [6.45, 7) is 3.90. The highest BCUT2D eigenvalue weighted by molar-refractivity contribution is 5.96. The fraction of sp³-hybridized carbons (Fsp3) is 0.429. The van der Waals surface area contributed by atoms with E-state index in [2.05, 4.69) is 5.32 Å². The first kappa shape index (κ1) is 13.4. The van der Waals surface area contributed by atoms with Crippen LogP contribution in [0.25, 0.3) is 0 Å². The standard InChI is InChI=1S/C14H18N2O3/c1-3-12-13(18)15-9(2)14(19)16(12)8-10-5-4-6-11(17)7-10/h4-7,9,12,17H,3,8H2,1-2H3,(H,15,18). The molecule has 2 atom stereocenters. The minimum Gasteiger partial charge on any atom is -0.508 e. The van der Waals surface area contributed by atoms with Crippen LogP contribution in [-0.2, 0) is 16.1 Å². The van der Waals surface area contributed by atoms with E-state index >= 15 is 0 Å². The number of amides is 2. The lowest BCUT2D eigenvalue weighted by Gasteiger charge is -2.37. The molecule has 2 amide bonds. The van der Waals surface area contributed by atoms with E-state index in [-0.39, 0.29) is 17.6 Å². The largest absolute Gasteiger partial charge is 0.508 e. The maximum absolute atomic E-state index is 12.2. The third kappa shape index (κ3) is 2.70. The van der Waals surface area contributed by atoms with Gasteiger partial charge < -0.3 is 15.3 Å². The zero-order chi connectivity index (χ0) is 14.0. The van der Waals surface area contributed by atoms with Gasteiger partial charge in [0, 0.05) is 6.54 Å². The molecular formula is C14H18N2O3. The Bertz CT molecular complexity index is 501. The van der Waals surface area contributed by atoms with Crippen molar-refractivity contribution < 1.29 is 14.7 Å². The summed E-state index contributed by atoms with van der Waals surface area (Å²) in [5.41, 5.74) is 0.814. The number of hydrogen-bond acceptors (Lipinski definition) is 3. The number of nitrogens with one attached hydrogen (secondary N) is 1. The Hall–Kier alpha value is -2.04. The predicted octanol–water partition coefficient (Wildman–Crippen LogP) is 1.02. The predicted molar refractivity (Wildman–Crippen MR) is 70.3 cm³/mol. The van der Waals surface area contributed by atoms with Crippen molar-refractivity contribution in [1.82, 2.24) is 10.2 Å². The fourth-order valence-electron chi connectivity index (χ4n) is 2.36. The van der Waals surface area contributed by atoms with Crippen LogP contribution in [0.1, 0.15) is 25.8 Å². The van der Waals surface area contributed by atoms with Crippen LogP contribution in [0.3, 0.4) is 0 Å². The van der Waals surface area contributed by atoms with Crippen molar-refractivity contribution >= 4 is 11.8 Å². The first-order valence-corrected chi connectivity index (χ1v) is 6.41. The van der Waals surface area contributed by atoms with E-state index in [1.807, 2.05) is 13.0 Å². The van der Waals surface area contributed by atoms with Gasteiger partial charge in [0.1, 0.15) is 17.8 Å². The highest BCUT2D eigenvalue weighted by atomic mass is 16.3. The Balaban J connectivity index is 2.24. The summed E-state index contributed by atoms with van der Waals surface area (Å²) in [5, 5.41) is 12.1. The molecule has 1 aliphatic rings. The van der Waals surface area contributed by atoms with Crippen LogP contribution in [0.15, 0.2) is 24.3 Å². The lowest BCUT2D eigenvalue weighted by atomic mass is 10.0. The Morgan fingerprint density at radius 1 is 1.37 bits per heavy atom. The SMILES string of the molecule is CCC1C(=O)NC(C)C(=O)N1Cc1cccc(O)c1. The normalized spacial score (nSPS) is 23.4. The second-order valence-corrected chi connectivity index (χ2v) is 4.79. The average molecular weight is 262 g/mol. The molecule has 0 radical (unpaired) electrons. The number of carbonyl (C=O) groups excluding carboxylic acids is 2. The molecule has 1 heterocycles. The molecule has 0 aromatic heterocycles. The third-order valence-electron chi connectivity index (χ3n) is 3.34. The minimum absolute atomic E-state index is 0.0882. The van der Waals surface area contributed by atoms with Gasteiger partial charge in [-0.15, -0.1) is 0 Å². The molecule has 0 bridgehead atoms. The van der Waals surface area contributed by atoms with E-state index in [1.165, 1.54) is 0 Å². The molecule has 0 spiro atoms. The van der Waals surface area contributed by atoms with Gasteiger partial charge in [-0.2, -0.15) is 0 Å². The van der Waals surface area contributed by atoms with Crippen LogP contribution in [-0.4, -0.2) is 33.9 Å². The van der Waals surface area contributed by atoms with Crippen LogP contribution in [0.5, 0.6) is 5.75 Å². The molecule has 1 fully saturated rings. The van der Waals surface area contributed by atoms with Crippen molar-refractivity contribution in [2.75, 3.05) is 0 Å². The van der Waals surface area contributed by atoms with Gasteiger partial charge in [0.25, 0.3) is 0 Å². The quantitative estimate of drug-likeness (QED) is 0.854. The minimum atomic E-state index is -0.493. The molecule has 102 valence electrons. The van der Waals surface area contributed by atoms with Crippen LogP contribution in [0, 0.1) is 0 Å². The maximum Gasteiger partial charge on any atom is 0.245 e. The Labute approximate surface area is 112 Å². The lowest BCUT2D eigenvalue weighted by molar-refractivity contribution is -0.149. The number of nitrogens with zero attached hydrogens (tertiary/aromatic N) is 1. The fourth-order valence-corrected chi connectivity index (χ4v) is 2.36. The molecule has 1 saturated heterocycles. The topological polar surface area (TPSA) is 69.6 Å². The molecule has 5 nitrogen and oxygen atoms in total. The van der Waals surface area contributed by atoms with Crippen molar-refractivity contribution in [1.29, 1.82) is 0 Å². The molecule has 19 heavy (non-hydrogen) atoms. The summed E-state index contributed by atoms with van der Waals surface area (Å²) in [4.78, 5) is 25.7. The first-order valence-electron chi connectivity index (χ1n) is 6.41. The highest BCUT2D eigenvalue weighted by Gasteiger charge is 2.37. The van der Waals surface area contributed by atoms with Crippen molar-refractivity contribution in [3.8, 4) is 5.75 Å². The van der Waals surface area contributed by atoms with Gasteiger partial charge in [0.05, 0.1) is 0 Å². The Morgan fingerprint density at radius 3 is 2.74 bits per heavy atom. The summed E-state index contributed by atoms with van der Waals surface area (Å²) in [6.07, 6.45) is 0.573. The van der Waals surface area contributed by atoms with Crippen LogP contribution in [0.4, 0.5) is 0 Å². The molecule has 1 aliphatic heterocycles. The number of piperazine rings is 1. The van der Waals surface area contributed by atoms with Gasteiger partial charge in [-0.25, -0.2) is 0 Å². The number of aromatic hydroxyl groups is 1. The van der Waals surface area contributed by atoms with Gasteiger partial charge in [-0.3, -0.25) is 9.59 Å². The number of rotatable bonds is 3. The number of hydrogen-bond donors (Lipinski definition) is 2. The zero-order valence-electron chi connectivity index (χ0n) is 11.1. The van der Waals surface area contributed by atoms with E-state index in [0.29, 0.717) is 13.0 Å². The van der Waals surface area contributed by atoms with Crippen LogP contribution in [0.2, 0.25) is 0 Å². The molecule has 0 saturated carbocycles. The third-order valence-corrected chi connectivity index (χ3v) is 3.34. The van der Waals surface area contributed by atoms with Crippen LogP contribution >= 0.6 is 0 Å². The van der Waals surface area contributed by atoms with Gasteiger partial charge >= 0.3 is 0 Å². The molecular weight excluding hydrogens is 244 g/mol. The molecule has 5 heteroatoms. The van der Waals surface area contributed by atoms with Crippen molar-refractivity contribution in [3.63, 3.8) is 0 Å². The van der Waals surface area contributed by atoms with E-state index in [4.69, 9.17) is 0 Å². The van der Waals surface area contributed by atoms with Crippen molar-refractivity contribution in [2.24, 2.45) is 0 Å². The summed E-state index contributed by atoms with van der Waals surface area (Å²) < 4.78 is 0. The summed E-state index contributed by atoms with van der Waals surface area (Å²) in [5.74, 6) is -0.0444. The zero-order valence-corrected chi connectivity index (χ0v) is 11.1. The van der Waals surface area contributed by atoms with Crippen LogP contribution < -0.4 is 5.32 Å².